The number of primary amides is 1. The minimum absolute atomic E-state index is 0.203. The maximum atomic E-state index is 12.7. The van der Waals surface area contributed by atoms with E-state index in [1.54, 1.807) is 24.3 Å². The van der Waals surface area contributed by atoms with E-state index < -0.39 is 5.91 Å². The summed E-state index contributed by atoms with van der Waals surface area (Å²) >= 11 is 0. The molecule has 28 heavy (non-hydrogen) atoms. The number of benzene rings is 2. The third-order valence-electron chi connectivity index (χ3n) is 4.98. The number of nitrogens with zero attached hydrogens (tertiary/aromatic N) is 1. The minimum atomic E-state index is -0.575. The Labute approximate surface area is 165 Å². The molecule has 3 N–H and O–H groups in total. The molecule has 2 amide bonds. The smallest absolute Gasteiger partial charge is 0.255 e. The van der Waals surface area contributed by atoms with E-state index in [9.17, 15) is 9.59 Å². The molecule has 3 rings (SSSR count). The fourth-order valence-electron chi connectivity index (χ4n) is 3.55. The van der Waals surface area contributed by atoms with Crippen LogP contribution in [0.5, 0.6) is 5.75 Å². The van der Waals surface area contributed by atoms with Gasteiger partial charge in [0.15, 0.2) is 6.61 Å². The van der Waals surface area contributed by atoms with E-state index in [1.165, 1.54) is 18.4 Å². The van der Waals surface area contributed by atoms with Crippen LogP contribution in [0.25, 0.3) is 0 Å². The largest absolute Gasteiger partial charge is 0.483 e. The van der Waals surface area contributed by atoms with Gasteiger partial charge in [-0.3, -0.25) is 14.5 Å². The molecule has 6 nitrogen and oxygen atoms in total. The first-order valence-electron chi connectivity index (χ1n) is 9.70. The highest BCUT2D eigenvalue weighted by Gasteiger charge is 2.23. The predicted molar refractivity (Wildman–Crippen MR) is 108 cm³/mol. The van der Waals surface area contributed by atoms with Gasteiger partial charge < -0.3 is 15.8 Å². The minimum Gasteiger partial charge on any atom is -0.483 e. The molecule has 1 heterocycles. The van der Waals surface area contributed by atoms with Crippen molar-refractivity contribution < 1.29 is 14.3 Å². The molecule has 1 aliphatic heterocycles. The molecule has 148 valence electrons. The number of likely N-dealkylation sites (tertiary alicyclic amines) is 1. The molecule has 1 atom stereocenters. The van der Waals surface area contributed by atoms with Gasteiger partial charge in [-0.1, -0.05) is 48.9 Å². The van der Waals surface area contributed by atoms with E-state index in [4.69, 9.17) is 10.5 Å². The van der Waals surface area contributed by atoms with Gasteiger partial charge in [0.25, 0.3) is 11.8 Å². The Morgan fingerprint density at radius 3 is 2.61 bits per heavy atom. The van der Waals surface area contributed by atoms with Crippen molar-refractivity contribution in [1.82, 2.24) is 10.2 Å². The lowest BCUT2D eigenvalue weighted by Crippen LogP contribution is -2.46. The summed E-state index contributed by atoms with van der Waals surface area (Å²) in [6.45, 7) is 2.25. The van der Waals surface area contributed by atoms with Gasteiger partial charge in [-0.05, 0) is 37.1 Å². The summed E-state index contributed by atoms with van der Waals surface area (Å²) in [6, 6.07) is 17.6. The number of hydrogen-bond acceptors (Lipinski definition) is 4. The Kier molecular flexibility index (Phi) is 7.03. The van der Waals surface area contributed by atoms with Gasteiger partial charge in [0, 0.05) is 19.1 Å². The van der Waals surface area contributed by atoms with Gasteiger partial charge in [0.05, 0.1) is 5.56 Å². The Morgan fingerprint density at radius 2 is 1.82 bits per heavy atom. The fraction of sp³-hybridized carbons (Fsp3) is 0.364. The fourth-order valence-corrected chi connectivity index (χ4v) is 3.55. The summed E-state index contributed by atoms with van der Waals surface area (Å²) in [5, 5.41) is 3.04. The zero-order chi connectivity index (χ0) is 19.8. The van der Waals surface area contributed by atoms with Gasteiger partial charge in [-0.25, -0.2) is 0 Å². The van der Waals surface area contributed by atoms with E-state index in [2.05, 4.69) is 34.5 Å². The first-order chi connectivity index (χ1) is 13.6. The number of carbonyl (C=O) groups excluding carboxylic acids is 2. The van der Waals surface area contributed by atoms with Crippen LogP contribution in [-0.2, 0) is 11.3 Å². The van der Waals surface area contributed by atoms with Crippen LogP contribution < -0.4 is 15.8 Å². The second-order valence-electron chi connectivity index (χ2n) is 7.07. The van der Waals surface area contributed by atoms with Crippen LogP contribution in [0.1, 0.15) is 35.2 Å². The van der Waals surface area contributed by atoms with E-state index in [1.807, 2.05) is 6.07 Å². The van der Waals surface area contributed by atoms with Crippen molar-refractivity contribution in [2.45, 2.75) is 31.8 Å². The van der Waals surface area contributed by atoms with E-state index >= 15 is 0 Å². The highest BCUT2D eigenvalue weighted by atomic mass is 16.5. The SMILES string of the molecule is NC(=O)COc1ccccc1C(=O)NCC1CCCCN1Cc1ccccc1. The molecule has 0 radical (unpaired) electrons. The highest BCUT2D eigenvalue weighted by Crippen LogP contribution is 2.21. The number of carbonyl (C=O) groups is 2. The molecule has 2 aromatic carbocycles. The molecule has 6 heteroatoms. The number of nitrogens with one attached hydrogen (secondary N) is 1. The number of amides is 2. The molecule has 1 fully saturated rings. The van der Waals surface area contributed by atoms with Crippen molar-refractivity contribution in [3.05, 3.63) is 65.7 Å². The Hall–Kier alpha value is -2.86. The maximum absolute atomic E-state index is 12.7. The normalized spacial score (nSPS) is 17.1. The Bertz CT molecular complexity index is 795. The lowest BCUT2D eigenvalue weighted by Gasteiger charge is -2.36. The van der Waals surface area contributed by atoms with Gasteiger partial charge in [-0.2, -0.15) is 0 Å². The first kappa shape index (κ1) is 19.9. The molecule has 2 aromatic rings. The van der Waals surface area contributed by atoms with Gasteiger partial charge in [-0.15, -0.1) is 0 Å². The van der Waals surface area contributed by atoms with Crippen molar-refractivity contribution in [2.24, 2.45) is 5.73 Å². The molecule has 0 aromatic heterocycles. The van der Waals surface area contributed by atoms with Crippen molar-refractivity contribution >= 4 is 11.8 Å². The number of rotatable bonds is 8. The topological polar surface area (TPSA) is 84.7 Å². The van der Waals surface area contributed by atoms with Crippen LogP contribution >= 0.6 is 0 Å². The standard InChI is InChI=1S/C22H27N3O3/c23-21(26)16-28-20-12-5-4-11-19(20)22(27)24-14-18-10-6-7-13-25(18)15-17-8-2-1-3-9-17/h1-5,8-9,11-12,18H,6-7,10,13-16H2,(H2,23,26)(H,24,27). The zero-order valence-corrected chi connectivity index (χ0v) is 16.0. The van der Waals surface area contributed by atoms with Gasteiger partial charge in [0.2, 0.25) is 0 Å². The highest BCUT2D eigenvalue weighted by molar-refractivity contribution is 5.97. The summed E-state index contributed by atoms with van der Waals surface area (Å²) in [5.74, 6) is -0.414. The molecular formula is C22H27N3O3. The molecule has 0 bridgehead atoms. The maximum Gasteiger partial charge on any atom is 0.255 e. The van der Waals surface area contributed by atoms with Crippen molar-refractivity contribution in [1.29, 1.82) is 0 Å². The summed E-state index contributed by atoms with van der Waals surface area (Å²) < 4.78 is 5.37. The predicted octanol–water partition coefficient (Wildman–Crippen LogP) is 2.34. The Balaban J connectivity index is 1.60. The molecule has 0 aliphatic carbocycles. The number of para-hydroxylation sites is 1. The van der Waals surface area contributed by atoms with Gasteiger partial charge >= 0.3 is 0 Å². The van der Waals surface area contributed by atoms with Crippen molar-refractivity contribution in [3.8, 4) is 5.75 Å². The second kappa shape index (κ2) is 9.90. The summed E-state index contributed by atoms with van der Waals surface area (Å²) in [7, 11) is 0. The molecule has 0 spiro atoms. The molecule has 1 aliphatic rings. The first-order valence-corrected chi connectivity index (χ1v) is 9.70. The lowest BCUT2D eigenvalue weighted by atomic mass is 10.0. The van der Waals surface area contributed by atoms with Crippen molar-refractivity contribution in [2.75, 3.05) is 19.7 Å². The summed E-state index contributed by atoms with van der Waals surface area (Å²) in [6.07, 6.45) is 3.41. The molecule has 1 unspecified atom stereocenters. The van der Waals surface area contributed by atoms with Crippen LogP contribution in [0.3, 0.4) is 0 Å². The third-order valence-corrected chi connectivity index (χ3v) is 4.98. The number of ether oxygens (including phenoxy) is 1. The van der Waals surface area contributed by atoms with Crippen molar-refractivity contribution in [3.63, 3.8) is 0 Å². The van der Waals surface area contributed by atoms with E-state index in [0.29, 0.717) is 23.9 Å². The molecular weight excluding hydrogens is 354 g/mol. The van der Waals surface area contributed by atoms with Crippen LogP contribution in [-0.4, -0.2) is 42.5 Å². The molecule has 1 saturated heterocycles. The second-order valence-corrected chi connectivity index (χ2v) is 7.07. The Morgan fingerprint density at radius 1 is 1.07 bits per heavy atom. The van der Waals surface area contributed by atoms with Gasteiger partial charge in [0.1, 0.15) is 5.75 Å². The van der Waals surface area contributed by atoms with Crippen LogP contribution in [0, 0.1) is 0 Å². The molecule has 0 saturated carbocycles. The van der Waals surface area contributed by atoms with E-state index in [0.717, 1.165) is 19.5 Å². The third kappa shape index (κ3) is 5.57. The quantitative estimate of drug-likeness (QED) is 0.735. The number of piperidine rings is 1. The summed E-state index contributed by atoms with van der Waals surface area (Å²) in [4.78, 5) is 26.1. The number of hydrogen-bond donors (Lipinski definition) is 2. The van der Waals surface area contributed by atoms with Crippen LogP contribution in [0.2, 0.25) is 0 Å². The summed E-state index contributed by atoms with van der Waals surface area (Å²) in [5.41, 5.74) is 6.83. The van der Waals surface area contributed by atoms with Crippen LogP contribution in [0.15, 0.2) is 54.6 Å². The van der Waals surface area contributed by atoms with E-state index in [-0.39, 0.29) is 12.5 Å². The van der Waals surface area contributed by atoms with Crippen LogP contribution in [0.4, 0.5) is 0 Å². The average molecular weight is 381 g/mol. The lowest BCUT2D eigenvalue weighted by molar-refractivity contribution is -0.119. The number of nitrogens with two attached hydrogens (primary N) is 1. The zero-order valence-electron chi connectivity index (χ0n) is 16.0. The average Bonchev–Trinajstić information content (AvgIpc) is 2.72. The monoisotopic (exact) mass is 381 g/mol.